The van der Waals surface area contributed by atoms with E-state index in [1.807, 2.05) is 24.3 Å². The Morgan fingerprint density at radius 1 is 1.29 bits per heavy atom. The van der Waals surface area contributed by atoms with E-state index in [1.165, 1.54) is 24.2 Å². The maximum atomic E-state index is 12.9. The van der Waals surface area contributed by atoms with Crippen molar-refractivity contribution in [2.45, 2.75) is 45.1 Å². The molecule has 2 aromatic rings. The summed E-state index contributed by atoms with van der Waals surface area (Å²) in [6, 6.07) is 8.10. The number of nitrogen functional groups attached to an aromatic ring is 1. The van der Waals surface area contributed by atoms with E-state index in [0.717, 1.165) is 41.0 Å². The summed E-state index contributed by atoms with van der Waals surface area (Å²) in [5.41, 5.74) is 8.83. The number of hydrogen-bond donors (Lipinski definition) is 2. The second kappa shape index (κ2) is 7.26. The van der Waals surface area contributed by atoms with Crippen LogP contribution in [-0.2, 0) is 6.42 Å². The van der Waals surface area contributed by atoms with E-state index in [0.29, 0.717) is 10.6 Å². The Balaban J connectivity index is 1.98. The van der Waals surface area contributed by atoms with Gasteiger partial charge in [0.05, 0.1) is 17.7 Å². The molecule has 3 rings (SSSR count). The summed E-state index contributed by atoms with van der Waals surface area (Å²) < 4.78 is 5.23. The number of thiophene rings is 1. The Morgan fingerprint density at radius 3 is 2.54 bits per heavy atom. The van der Waals surface area contributed by atoms with Crippen LogP contribution < -0.4 is 15.8 Å². The van der Waals surface area contributed by atoms with Crippen LogP contribution in [-0.4, -0.2) is 19.1 Å². The van der Waals surface area contributed by atoms with E-state index in [2.05, 4.69) is 12.2 Å². The molecule has 0 radical (unpaired) electrons. The molecular weight excluding hydrogens is 320 g/mol. The van der Waals surface area contributed by atoms with Crippen molar-refractivity contribution in [3.05, 3.63) is 34.7 Å². The van der Waals surface area contributed by atoms with E-state index >= 15 is 0 Å². The SMILES string of the molecule is CCc1sc(N)c(C(=O)NC2CCCC2)c1-c1ccc(OC)cc1. The second-order valence-electron chi connectivity index (χ2n) is 6.18. The van der Waals surface area contributed by atoms with Crippen molar-refractivity contribution in [1.82, 2.24) is 5.32 Å². The smallest absolute Gasteiger partial charge is 0.255 e. The number of rotatable bonds is 5. The first kappa shape index (κ1) is 16.8. The molecule has 0 atom stereocenters. The van der Waals surface area contributed by atoms with Gasteiger partial charge in [0.25, 0.3) is 5.91 Å². The van der Waals surface area contributed by atoms with Crippen molar-refractivity contribution in [2.24, 2.45) is 0 Å². The average Bonchev–Trinajstić information content (AvgIpc) is 3.22. The highest BCUT2D eigenvalue weighted by Gasteiger charge is 2.25. The van der Waals surface area contributed by atoms with Crippen molar-refractivity contribution >= 4 is 22.2 Å². The van der Waals surface area contributed by atoms with Gasteiger partial charge in [0.1, 0.15) is 5.75 Å². The lowest BCUT2D eigenvalue weighted by Gasteiger charge is -2.14. The summed E-state index contributed by atoms with van der Waals surface area (Å²) in [5, 5.41) is 3.77. The molecule has 1 aliphatic rings. The molecule has 1 heterocycles. The van der Waals surface area contributed by atoms with Gasteiger partial charge < -0.3 is 15.8 Å². The van der Waals surface area contributed by atoms with Gasteiger partial charge in [-0.05, 0) is 37.0 Å². The van der Waals surface area contributed by atoms with Crippen LogP contribution in [0.25, 0.3) is 11.1 Å². The molecule has 3 N–H and O–H groups in total. The number of hydrogen-bond acceptors (Lipinski definition) is 4. The largest absolute Gasteiger partial charge is 0.497 e. The molecule has 1 amide bonds. The van der Waals surface area contributed by atoms with Crippen molar-refractivity contribution in [2.75, 3.05) is 12.8 Å². The topological polar surface area (TPSA) is 64.4 Å². The minimum atomic E-state index is -0.0406. The quantitative estimate of drug-likeness (QED) is 0.852. The molecule has 1 saturated carbocycles. The third-order valence-corrected chi connectivity index (χ3v) is 5.79. The van der Waals surface area contributed by atoms with Gasteiger partial charge in [-0.2, -0.15) is 0 Å². The van der Waals surface area contributed by atoms with Crippen LogP contribution in [0, 0.1) is 0 Å². The summed E-state index contributed by atoms with van der Waals surface area (Å²) in [7, 11) is 1.65. The molecule has 128 valence electrons. The van der Waals surface area contributed by atoms with Gasteiger partial charge in [0, 0.05) is 16.5 Å². The molecular formula is C19H24N2O2S. The molecule has 0 aliphatic heterocycles. The molecule has 1 aliphatic carbocycles. The van der Waals surface area contributed by atoms with Crippen molar-refractivity contribution in [3.63, 3.8) is 0 Å². The number of ether oxygens (including phenoxy) is 1. The molecule has 0 saturated heterocycles. The van der Waals surface area contributed by atoms with Gasteiger partial charge >= 0.3 is 0 Å². The summed E-state index contributed by atoms with van der Waals surface area (Å²) in [6.45, 7) is 2.09. The van der Waals surface area contributed by atoms with E-state index in [4.69, 9.17) is 10.5 Å². The summed E-state index contributed by atoms with van der Waals surface area (Å²) in [6.07, 6.45) is 5.36. The third-order valence-electron chi connectivity index (χ3n) is 4.63. The minimum Gasteiger partial charge on any atom is -0.497 e. The summed E-state index contributed by atoms with van der Waals surface area (Å²) >= 11 is 1.52. The van der Waals surface area contributed by atoms with Gasteiger partial charge in [-0.3, -0.25) is 4.79 Å². The number of aryl methyl sites for hydroxylation is 1. The molecule has 1 aromatic heterocycles. The van der Waals surface area contributed by atoms with E-state index in [-0.39, 0.29) is 11.9 Å². The number of anilines is 1. The molecule has 5 heteroatoms. The van der Waals surface area contributed by atoms with Crippen molar-refractivity contribution in [3.8, 4) is 16.9 Å². The zero-order valence-corrected chi connectivity index (χ0v) is 15.0. The standard InChI is InChI=1S/C19H24N2O2S/c1-3-15-16(12-8-10-14(23-2)11-9-12)17(18(20)24-15)19(22)21-13-6-4-5-7-13/h8-11,13H,3-7,20H2,1-2H3,(H,21,22). The fourth-order valence-corrected chi connectivity index (χ4v) is 4.39. The molecule has 0 bridgehead atoms. The Kier molecular flexibility index (Phi) is 5.09. The second-order valence-corrected chi connectivity index (χ2v) is 7.31. The summed E-state index contributed by atoms with van der Waals surface area (Å²) in [4.78, 5) is 14.0. The van der Waals surface area contributed by atoms with Gasteiger partial charge in [0.15, 0.2) is 0 Å². The number of carbonyl (C=O) groups excluding carboxylic acids is 1. The Labute approximate surface area is 147 Å². The zero-order chi connectivity index (χ0) is 17.1. The van der Waals surface area contributed by atoms with Gasteiger partial charge in [-0.1, -0.05) is 31.9 Å². The molecule has 0 spiro atoms. The van der Waals surface area contributed by atoms with E-state index in [9.17, 15) is 4.79 Å². The van der Waals surface area contributed by atoms with Crippen LogP contribution in [0.3, 0.4) is 0 Å². The minimum absolute atomic E-state index is 0.0406. The number of nitrogens with two attached hydrogens (primary N) is 1. The maximum Gasteiger partial charge on any atom is 0.255 e. The number of methoxy groups -OCH3 is 1. The fraction of sp³-hybridized carbons (Fsp3) is 0.421. The van der Waals surface area contributed by atoms with Gasteiger partial charge in [-0.15, -0.1) is 11.3 Å². The Bertz CT molecular complexity index is 716. The van der Waals surface area contributed by atoms with Gasteiger partial charge in [0.2, 0.25) is 0 Å². The van der Waals surface area contributed by atoms with Crippen molar-refractivity contribution in [1.29, 1.82) is 0 Å². The van der Waals surface area contributed by atoms with Crippen LogP contribution >= 0.6 is 11.3 Å². The van der Waals surface area contributed by atoms with Crippen LogP contribution in [0.15, 0.2) is 24.3 Å². The predicted molar refractivity (Wildman–Crippen MR) is 99.8 cm³/mol. The third kappa shape index (κ3) is 3.26. The molecule has 1 aromatic carbocycles. The monoisotopic (exact) mass is 344 g/mol. The first-order valence-corrected chi connectivity index (χ1v) is 9.32. The molecule has 1 fully saturated rings. The highest BCUT2D eigenvalue weighted by atomic mass is 32.1. The Hall–Kier alpha value is -2.01. The number of carbonyl (C=O) groups is 1. The normalized spacial score (nSPS) is 14.8. The van der Waals surface area contributed by atoms with E-state index in [1.54, 1.807) is 7.11 Å². The lowest BCUT2D eigenvalue weighted by molar-refractivity contribution is 0.0940. The fourth-order valence-electron chi connectivity index (χ4n) is 3.36. The van der Waals surface area contributed by atoms with Crippen LogP contribution in [0.5, 0.6) is 5.75 Å². The lowest BCUT2D eigenvalue weighted by Crippen LogP contribution is -2.33. The van der Waals surface area contributed by atoms with Crippen LogP contribution in [0.2, 0.25) is 0 Å². The van der Waals surface area contributed by atoms with E-state index < -0.39 is 0 Å². The van der Waals surface area contributed by atoms with Crippen LogP contribution in [0.4, 0.5) is 5.00 Å². The maximum absolute atomic E-state index is 12.9. The molecule has 0 unspecified atom stereocenters. The first-order chi connectivity index (χ1) is 11.6. The highest BCUT2D eigenvalue weighted by molar-refractivity contribution is 7.17. The Morgan fingerprint density at radius 2 is 1.96 bits per heavy atom. The molecule has 4 nitrogen and oxygen atoms in total. The molecule has 24 heavy (non-hydrogen) atoms. The average molecular weight is 344 g/mol. The van der Waals surface area contributed by atoms with Crippen molar-refractivity contribution < 1.29 is 9.53 Å². The lowest BCUT2D eigenvalue weighted by atomic mass is 9.99. The van der Waals surface area contributed by atoms with Crippen LogP contribution in [0.1, 0.15) is 47.8 Å². The zero-order valence-electron chi connectivity index (χ0n) is 14.2. The number of benzene rings is 1. The first-order valence-electron chi connectivity index (χ1n) is 8.50. The number of amides is 1. The number of nitrogens with one attached hydrogen (secondary N) is 1. The van der Waals surface area contributed by atoms with Gasteiger partial charge in [-0.25, -0.2) is 0 Å². The predicted octanol–water partition coefficient (Wildman–Crippen LogP) is 4.24. The highest BCUT2D eigenvalue weighted by Crippen LogP contribution is 2.39. The summed E-state index contributed by atoms with van der Waals surface area (Å²) in [5.74, 6) is 0.762.